The first-order valence-electron chi connectivity index (χ1n) is 8.65. The summed E-state index contributed by atoms with van der Waals surface area (Å²) in [6.45, 7) is 1.000. The molecule has 0 saturated carbocycles. The summed E-state index contributed by atoms with van der Waals surface area (Å²) >= 11 is 0. The predicted octanol–water partition coefficient (Wildman–Crippen LogP) is 3.72. The van der Waals surface area contributed by atoms with Crippen LogP contribution >= 0.6 is 0 Å². The van der Waals surface area contributed by atoms with Gasteiger partial charge in [0.2, 0.25) is 0 Å². The lowest BCUT2D eigenvalue weighted by Gasteiger charge is -2.19. The van der Waals surface area contributed by atoms with Gasteiger partial charge in [-0.15, -0.1) is 0 Å². The fraction of sp³-hybridized carbons (Fsp3) is 0.0952. The van der Waals surface area contributed by atoms with Crippen molar-refractivity contribution in [2.45, 2.75) is 0 Å². The fourth-order valence-corrected chi connectivity index (χ4v) is 2.78. The Bertz CT molecular complexity index is 1080. The van der Waals surface area contributed by atoms with E-state index in [0.29, 0.717) is 47.3 Å². The number of anilines is 3. The molecule has 1 aliphatic heterocycles. The molecule has 0 atom stereocenters. The minimum atomic E-state index is -0.270. The van der Waals surface area contributed by atoms with Crippen LogP contribution in [0.4, 0.5) is 17.2 Å². The smallest absolute Gasteiger partial charge is 0.255 e. The highest BCUT2D eigenvalue weighted by molar-refractivity contribution is 6.04. The first kappa shape index (κ1) is 17.4. The van der Waals surface area contributed by atoms with Gasteiger partial charge in [-0.05, 0) is 42.5 Å². The number of carbonyl (C=O) groups excluding carboxylic acids is 1. The first-order chi connectivity index (χ1) is 13.7. The van der Waals surface area contributed by atoms with Crippen molar-refractivity contribution in [3.63, 3.8) is 0 Å². The molecule has 7 heteroatoms. The Morgan fingerprint density at radius 1 is 1.00 bits per heavy atom. The van der Waals surface area contributed by atoms with Crippen molar-refractivity contribution in [3.8, 4) is 17.6 Å². The Balaban J connectivity index is 1.49. The standard InChI is InChI=1S/C21H16N4O3/c22-13-14-2-1-3-16(10-14)24-20-11-15(6-7-23-20)21(26)25-17-4-5-18-19(12-17)28-9-8-27-18/h1-7,10-12H,8-9H2,(H,23,24)(H,25,26). The summed E-state index contributed by atoms with van der Waals surface area (Å²) in [6.07, 6.45) is 1.55. The molecule has 2 N–H and O–H groups in total. The van der Waals surface area contributed by atoms with Gasteiger partial charge in [-0.2, -0.15) is 5.26 Å². The molecule has 7 nitrogen and oxygen atoms in total. The number of amides is 1. The molecule has 3 aromatic rings. The van der Waals surface area contributed by atoms with Crippen molar-refractivity contribution in [3.05, 3.63) is 71.9 Å². The molecule has 0 bridgehead atoms. The maximum absolute atomic E-state index is 12.6. The van der Waals surface area contributed by atoms with Gasteiger partial charge in [0.1, 0.15) is 19.0 Å². The van der Waals surface area contributed by atoms with E-state index in [9.17, 15) is 4.79 Å². The third-order valence-electron chi connectivity index (χ3n) is 4.09. The van der Waals surface area contributed by atoms with E-state index in [1.165, 1.54) is 0 Å². The van der Waals surface area contributed by atoms with Crippen LogP contribution < -0.4 is 20.1 Å². The van der Waals surface area contributed by atoms with Gasteiger partial charge >= 0.3 is 0 Å². The fourth-order valence-electron chi connectivity index (χ4n) is 2.78. The van der Waals surface area contributed by atoms with Gasteiger partial charge in [-0.1, -0.05) is 6.07 Å². The van der Waals surface area contributed by atoms with Crippen molar-refractivity contribution < 1.29 is 14.3 Å². The molecule has 28 heavy (non-hydrogen) atoms. The molecule has 0 saturated heterocycles. The van der Waals surface area contributed by atoms with Crippen LogP contribution in [-0.4, -0.2) is 24.1 Å². The van der Waals surface area contributed by atoms with Gasteiger partial charge in [-0.25, -0.2) is 4.98 Å². The Hall–Kier alpha value is -4.05. The molecule has 2 aromatic carbocycles. The van der Waals surface area contributed by atoms with Gasteiger partial charge in [0, 0.05) is 29.2 Å². The summed E-state index contributed by atoms with van der Waals surface area (Å²) < 4.78 is 11.0. The SMILES string of the molecule is N#Cc1cccc(Nc2cc(C(=O)Nc3ccc4c(c3)OCCO4)ccn2)c1. The highest BCUT2D eigenvalue weighted by atomic mass is 16.6. The number of nitrogens with one attached hydrogen (secondary N) is 2. The lowest BCUT2D eigenvalue weighted by molar-refractivity contribution is 0.102. The third-order valence-corrected chi connectivity index (χ3v) is 4.09. The van der Waals surface area contributed by atoms with E-state index < -0.39 is 0 Å². The van der Waals surface area contributed by atoms with Crippen molar-refractivity contribution in [1.82, 2.24) is 4.98 Å². The van der Waals surface area contributed by atoms with E-state index in [0.717, 1.165) is 5.69 Å². The zero-order valence-corrected chi connectivity index (χ0v) is 14.8. The highest BCUT2D eigenvalue weighted by Gasteiger charge is 2.14. The molecule has 4 rings (SSSR count). The summed E-state index contributed by atoms with van der Waals surface area (Å²) in [5.41, 5.74) is 2.32. The number of nitriles is 1. The first-order valence-corrected chi connectivity index (χ1v) is 8.65. The van der Waals surface area contributed by atoms with Crippen molar-refractivity contribution >= 4 is 23.1 Å². The number of nitrogens with zero attached hydrogens (tertiary/aromatic N) is 2. The molecule has 0 aliphatic carbocycles. The quantitative estimate of drug-likeness (QED) is 0.725. The third kappa shape index (κ3) is 3.86. The lowest BCUT2D eigenvalue weighted by atomic mass is 10.2. The summed E-state index contributed by atoms with van der Waals surface area (Å²) in [5, 5.41) is 14.9. The second-order valence-electron chi connectivity index (χ2n) is 6.06. The lowest BCUT2D eigenvalue weighted by Crippen LogP contribution is -2.16. The molecule has 1 aromatic heterocycles. The number of hydrogen-bond acceptors (Lipinski definition) is 6. The number of hydrogen-bond donors (Lipinski definition) is 2. The monoisotopic (exact) mass is 372 g/mol. The topological polar surface area (TPSA) is 96.3 Å². The molecule has 2 heterocycles. The van der Waals surface area contributed by atoms with E-state index in [-0.39, 0.29) is 5.91 Å². The van der Waals surface area contributed by atoms with Crippen molar-refractivity contribution in [2.75, 3.05) is 23.8 Å². The van der Waals surface area contributed by atoms with Crippen LogP contribution in [0.2, 0.25) is 0 Å². The number of rotatable bonds is 4. The molecular formula is C21H16N4O3. The Morgan fingerprint density at radius 3 is 2.71 bits per heavy atom. The minimum absolute atomic E-state index is 0.270. The number of carbonyl (C=O) groups is 1. The van der Waals surface area contributed by atoms with Crippen LogP contribution in [0.25, 0.3) is 0 Å². The van der Waals surface area contributed by atoms with Gasteiger partial charge in [-0.3, -0.25) is 4.79 Å². The zero-order valence-electron chi connectivity index (χ0n) is 14.8. The van der Waals surface area contributed by atoms with Gasteiger partial charge in [0.15, 0.2) is 11.5 Å². The van der Waals surface area contributed by atoms with Gasteiger partial charge in [0.05, 0.1) is 11.6 Å². The molecule has 0 unspecified atom stereocenters. The molecule has 0 fully saturated rings. The Labute approximate surface area is 161 Å². The maximum Gasteiger partial charge on any atom is 0.255 e. The van der Waals surface area contributed by atoms with Gasteiger partial charge < -0.3 is 20.1 Å². The number of ether oxygens (including phenoxy) is 2. The summed E-state index contributed by atoms with van der Waals surface area (Å²) in [5.74, 6) is 1.51. The number of aromatic nitrogens is 1. The second-order valence-corrected chi connectivity index (χ2v) is 6.06. The van der Waals surface area contributed by atoms with Crippen LogP contribution in [0.15, 0.2) is 60.8 Å². The average molecular weight is 372 g/mol. The summed E-state index contributed by atoms with van der Waals surface area (Å²) in [6, 6.07) is 17.7. The zero-order chi connectivity index (χ0) is 19.3. The second kappa shape index (κ2) is 7.68. The van der Waals surface area contributed by atoms with Crippen LogP contribution in [0.5, 0.6) is 11.5 Å². The maximum atomic E-state index is 12.6. The molecular weight excluding hydrogens is 356 g/mol. The Morgan fingerprint density at radius 2 is 1.86 bits per heavy atom. The predicted molar refractivity (Wildman–Crippen MR) is 104 cm³/mol. The Kier molecular flexibility index (Phi) is 4.76. The summed E-state index contributed by atoms with van der Waals surface area (Å²) in [7, 11) is 0. The minimum Gasteiger partial charge on any atom is -0.486 e. The van der Waals surface area contributed by atoms with E-state index >= 15 is 0 Å². The van der Waals surface area contributed by atoms with Crippen molar-refractivity contribution in [2.24, 2.45) is 0 Å². The molecule has 1 amide bonds. The van der Waals surface area contributed by atoms with E-state index in [2.05, 4.69) is 21.7 Å². The van der Waals surface area contributed by atoms with Crippen LogP contribution in [-0.2, 0) is 0 Å². The largest absolute Gasteiger partial charge is 0.486 e. The molecule has 0 radical (unpaired) electrons. The number of benzene rings is 2. The molecule has 0 spiro atoms. The van der Waals surface area contributed by atoms with E-state index in [4.69, 9.17) is 14.7 Å². The number of fused-ring (bicyclic) bond motifs is 1. The van der Waals surface area contributed by atoms with Crippen LogP contribution in [0, 0.1) is 11.3 Å². The highest BCUT2D eigenvalue weighted by Crippen LogP contribution is 2.32. The summed E-state index contributed by atoms with van der Waals surface area (Å²) in [4.78, 5) is 16.8. The molecule has 138 valence electrons. The van der Waals surface area contributed by atoms with E-state index in [1.54, 1.807) is 54.7 Å². The van der Waals surface area contributed by atoms with Crippen LogP contribution in [0.3, 0.4) is 0 Å². The average Bonchev–Trinajstić information content (AvgIpc) is 2.74. The van der Waals surface area contributed by atoms with Gasteiger partial charge in [0.25, 0.3) is 5.91 Å². The molecule has 1 aliphatic rings. The normalized spacial score (nSPS) is 12.0. The number of pyridine rings is 1. The van der Waals surface area contributed by atoms with E-state index in [1.807, 2.05) is 6.07 Å². The van der Waals surface area contributed by atoms with Crippen molar-refractivity contribution in [1.29, 1.82) is 5.26 Å². The van der Waals surface area contributed by atoms with Crippen LogP contribution in [0.1, 0.15) is 15.9 Å².